The number of hydrogen-bond donors (Lipinski definition) is 1. The molecular weight excluding hydrogens is 249 g/mol. The van der Waals surface area contributed by atoms with E-state index in [2.05, 4.69) is 4.90 Å². The zero-order valence-electron chi connectivity index (χ0n) is 10.6. The van der Waals surface area contributed by atoms with Crippen LogP contribution in [0, 0.1) is 0 Å². The van der Waals surface area contributed by atoms with Crippen molar-refractivity contribution < 1.29 is 23.1 Å². The van der Waals surface area contributed by atoms with Crippen LogP contribution in [0.5, 0.6) is 0 Å². The number of nitrogens with zero attached hydrogens (tertiary/aromatic N) is 2. The molecule has 7 heteroatoms. The van der Waals surface area contributed by atoms with Gasteiger partial charge in [0.25, 0.3) is 0 Å². The van der Waals surface area contributed by atoms with Gasteiger partial charge in [-0.1, -0.05) is 0 Å². The molecule has 0 spiro atoms. The second-order valence-corrected chi connectivity index (χ2v) is 4.86. The standard InChI is InChI=1S/C11H19F3N2O2/c1-15-5-3-8(4-6-15)16(2)9(7-10(17)18)11(12,13)14/h8-9H,3-7H2,1-2H3,(H,17,18). The topological polar surface area (TPSA) is 43.8 Å². The van der Waals surface area contributed by atoms with Crippen molar-refractivity contribution in [2.24, 2.45) is 0 Å². The molecule has 0 aromatic rings. The summed E-state index contributed by atoms with van der Waals surface area (Å²) in [5.41, 5.74) is 0. The van der Waals surface area contributed by atoms with Crippen LogP contribution in [0.15, 0.2) is 0 Å². The molecule has 4 nitrogen and oxygen atoms in total. The van der Waals surface area contributed by atoms with Crippen LogP contribution in [0.25, 0.3) is 0 Å². The Morgan fingerprint density at radius 1 is 1.44 bits per heavy atom. The van der Waals surface area contributed by atoms with Crippen molar-refractivity contribution in [1.82, 2.24) is 9.80 Å². The van der Waals surface area contributed by atoms with Gasteiger partial charge >= 0.3 is 12.1 Å². The second kappa shape index (κ2) is 5.88. The summed E-state index contributed by atoms with van der Waals surface area (Å²) in [5.74, 6) is -1.42. The minimum absolute atomic E-state index is 0.202. The molecule has 106 valence electrons. The number of alkyl halides is 3. The smallest absolute Gasteiger partial charge is 0.404 e. The largest absolute Gasteiger partial charge is 0.481 e. The first-order chi connectivity index (χ1) is 8.21. The van der Waals surface area contributed by atoms with Crippen molar-refractivity contribution in [3.05, 3.63) is 0 Å². The molecule has 0 aromatic heterocycles. The Balaban J connectivity index is 2.69. The fraction of sp³-hybridized carbons (Fsp3) is 0.909. The number of carbonyl (C=O) groups is 1. The van der Waals surface area contributed by atoms with Gasteiger partial charge in [0, 0.05) is 6.04 Å². The van der Waals surface area contributed by atoms with Gasteiger partial charge in [-0.15, -0.1) is 0 Å². The Morgan fingerprint density at radius 2 is 1.94 bits per heavy atom. The number of rotatable bonds is 4. The minimum Gasteiger partial charge on any atom is -0.481 e. The predicted octanol–water partition coefficient (Wildman–Crippen LogP) is 1.42. The molecule has 1 saturated heterocycles. The Labute approximate surface area is 104 Å². The van der Waals surface area contributed by atoms with E-state index in [4.69, 9.17) is 5.11 Å². The summed E-state index contributed by atoms with van der Waals surface area (Å²) < 4.78 is 38.5. The summed E-state index contributed by atoms with van der Waals surface area (Å²) in [5, 5.41) is 8.60. The van der Waals surface area contributed by atoms with Crippen LogP contribution >= 0.6 is 0 Å². The number of carboxylic acid groups (broad SMARTS) is 1. The van der Waals surface area contributed by atoms with Crippen molar-refractivity contribution >= 4 is 5.97 Å². The Kier molecular flexibility index (Phi) is 4.98. The molecule has 1 fully saturated rings. The molecule has 0 saturated carbocycles. The van der Waals surface area contributed by atoms with Crippen LogP contribution in [0.3, 0.4) is 0 Å². The molecule has 1 aliphatic heterocycles. The quantitative estimate of drug-likeness (QED) is 0.837. The van der Waals surface area contributed by atoms with Crippen molar-refractivity contribution in [3.63, 3.8) is 0 Å². The lowest BCUT2D eigenvalue weighted by molar-refractivity contribution is -0.193. The van der Waals surface area contributed by atoms with E-state index in [-0.39, 0.29) is 6.04 Å². The van der Waals surface area contributed by atoms with E-state index in [9.17, 15) is 18.0 Å². The Hall–Kier alpha value is -0.820. The molecule has 1 heterocycles. The number of carboxylic acids is 1. The van der Waals surface area contributed by atoms with Crippen LogP contribution in [-0.2, 0) is 4.79 Å². The first kappa shape index (κ1) is 15.2. The third-order valence-corrected chi connectivity index (χ3v) is 3.50. The molecule has 1 atom stereocenters. The molecular formula is C11H19F3N2O2. The zero-order chi connectivity index (χ0) is 13.9. The van der Waals surface area contributed by atoms with E-state index >= 15 is 0 Å². The van der Waals surface area contributed by atoms with Crippen molar-refractivity contribution in [2.45, 2.75) is 37.5 Å². The molecule has 1 unspecified atom stereocenters. The summed E-state index contributed by atoms with van der Waals surface area (Å²) >= 11 is 0. The van der Waals surface area contributed by atoms with E-state index < -0.39 is 24.6 Å². The van der Waals surface area contributed by atoms with Crippen LogP contribution in [0.2, 0.25) is 0 Å². The highest BCUT2D eigenvalue weighted by Crippen LogP contribution is 2.30. The van der Waals surface area contributed by atoms with Crippen molar-refractivity contribution in [2.75, 3.05) is 27.2 Å². The highest BCUT2D eigenvalue weighted by molar-refractivity contribution is 5.67. The number of aliphatic carboxylic acids is 1. The second-order valence-electron chi connectivity index (χ2n) is 4.86. The zero-order valence-corrected chi connectivity index (χ0v) is 10.6. The fourth-order valence-corrected chi connectivity index (χ4v) is 2.31. The van der Waals surface area contributed by atoms with Crippen LogP contribution in [-0.4, -0.2) is 66.3 Å². The number of piperidine rings is 1. The summed E-state index contributed by atoms with van der Waals surface area (Å²) in [6, 6.07) is -2.10. The highest BCUT2D eigenvalue weighted by atomic mass is 19.4. The Bertz CT molecular complexity index is 289. The maximum atomic E-state index is 12.8. The van der Waals surface area contributed by atoms with Gasteiger partial charge in [0.15, 0.2) is 0 Å². The summed E-state index contributed by atoms with van der Waals surface area (Å²) in [6.07, 6.45) is -4.12. The van der Waals surface area contributed by atoms with Gasteiger partial charge in [-0.25, -0.2) is 0 Å². The normalized spacial score (nSPS) is 21.2. The molecule has 0 radical (unpaired) electrons. The van der Waals surface area contributed by atoms with Gasteiger partial charge in [-0.3, -0.25) is 9.69 Å². The van der Waals surface area contributed by atoms with Crippen LogP contribution in [0.4, 0.5) is 13.2 Å². The van der Waals surface area contributed by atoms with E-state index in [1.165, 1.54) is 11.9 Å². The summed E-state index contributed by atoms with van der Waals surface area (Å²) in [4.78, 5) is 13.8. The number of halogens is 3. The first-order valence-electron chi connectivity index (χ1n) is 5.90. The molecule has 0 aliphatic carbocycles. The van der Waals surface area contributed by atoms with E-state index in [1.807, 2.05) is 7.05 Å². The fourth-order valence-electron chi connectivity index (χ4n) is 2.31. The lowest BCUT2D eigenvalue weighted by atomic mass is 10.0. The molecule has 1 N–H and O–H groups in total. The maximum Gasteiger partial charge on any atom is 0.404 e. The van der Waals surface area contributed by atoms with Gasteiger partial charge in [-0.2, -0.15) is 13.2 Å². The molecule has 0 aromatic carbocycles. The number of hydrogen-bond acceptors (Lipinski definition) is 3. The first-order valence-corrected chi connectivity index (χ1v) is 5.90. The monoisotopic (exact) mass is 268 g/mol. The average molecular weight is 268 g/mol. The SMILES string of the molecule is CN1CCC(N(C)C(CC(=O)O)C(F)(F)F)CC1. The van der Waals surface area contributed by atoms with E-state index in [1.54, 1.807) is 0 Å². The van der Waals surface area contributed by atoms with Crippen LogP contribution in [0.1, 0.15) is 19.3 Å². The van der Waals surface area contributed by atoms with Gasteiger partial charge in [-0.05, 0) is 40.0 Å². The third kappa shape index (κ3) is 4.13. The molecule has 0 bridgehead atoms. The third-order valence-electron chi connectivity index (χ3n) is 3.50. The van der Waals surface area contributed by atoms with Gasteiger partial charge < -0.3 is 10.0 Å². The van der Waals surface area contributed by atoms with E-state index in [0.717, 1.165) is 13.1 Å². The molecule has 1 rings (SSSR count). The summed E-state index contributed by atoms with van der Waals surface area (Å²) in [7, 11) is 3.30. The predicted molar refractivity (Wildman–Crippen MR) is 60.4 cm³/mol. The van der Waals surface area contributed by atoms with Crippen LogP contribution < -0.4 is 0 Å². The average Bonchev–Trinajstić information content (AvgIpc) is 2.24. The highest BCUT2D eigenvalue weighted by Gasteiger charge is 2.45. The maximum absolute atomic E-state index is 12.8. The van der Waals surface area contributed by atoms with Crippen molar-refractivity contribution in [1.29, 1.82) is 0 Å². The van der Waals surface area contributed by atoms with E-state index in [0.29, 0.717) is 12.8 Å². The van der Waals surface area contributed by atoms with Crippen molar-refractivity contribution in [3.8, 4) is 0 Å². The lowest BCUT2D eigenvalue weighted by Crippen LogP contribution is -2.52. The van der Waals surface area contributed by atoms with Gasteiger partial charge in [0.1, 0.15) is 6.04 Å². The molecule has 1 aliphatic rings. The Morgan fingerprint density at radius 3 is 2.33 bits per heavy atom. The lowest BCUT2D eigenvalue weighted by Gasteiger charge is -2.39. The summed E-state index contributed by atoms with van der Waals surface area (Å²) in [6.45, 7) is 1.49. The molecule has 0 amide bonds. The van der Waals surface area contributed by atoms with Gasteiger partial charge in [0.05, 0.1) is 6.42 Å². The van der Waals surface area contributed by atoms with Gasteiger partial charge in [0.2, 0.25) is 0 Å². The minimum atomic E-state index is -4.50. The number of likely N-dealkylation sites (tertiary alicyclic amines) is 1. The molecule has 18 heavy (non-hydrogen) atoms.